The summed E-state index contributed by atoms with van der Waals surface area (Å²) >= 11 is 3.30. The maximum atomic E-state index is 11.2. The molecule has 0 spiro atoms. The van der Waals surface area contributed by atoms with Crippen molar-refractivity contribution in [3.8, 4) is 5.75 Å². The monoisotopic (exact) mass is 270 g/mol. The summed E-state index contributed by atoms with van der Waals surface area (Å²) in [5.74, 6) is 0.126. The van der Waals surface area contributed by atoms with Gasteiger partial charge >= 0.3 is 5.97 Å². The van der Waals surface area contributed by atoms with E-state index in [1.54, 1.807) is 12.1 Å². The van der Waals surface area contributed by atoms with Crippen LogP contribution in [0, 0.1) is 0 Å². The number of halogens is 1. The third-order valence-electron chi connectivity index (χ3n) is 1.72. The summed E-state index contributed by atoms with van der Waals surface area (Å²) < 4.78 is 10.9. The van der Waals surface area contributed by atoms with Crippen molar-refractivity contribution >= 4 is 21.9 Å². The van der Waals surface area contributed by atoms with Gasteiger partial charge in [0.1, 0.15) is 5.75 Å². The van der Waals surface area contributed by atoms with E-state index in [0.717, 1.165) is 4.47 Å². The van der Waals surface area contributed by atoms with Gasteiger partial charge in [0, 0.05) is 4.47 Å². The van der Waals surface area contributed by atoms with Gasteiger partial charge in [-0.1, -0.05) is 22.5 Å². The highest BCUT2D eigenvalue weighted by molar-refractivity contribution is 9.10. The summed E-state index contributed by atoms with van der Waals surface area (Å²) in [5.41, 5.74) is 0. The van der Waals surface area contributed by atoms with E-state index < -0.39 is 12.1 Å². The third kappa shape index (κ3) is 3.40. The smallest absolute Gasteiger partial charge is 0.351 e. The number of carbonyl (C=O) groups excluding carboxylic acids is 1. The van der Waals surface area contributed by atoms with E-state index in [2.05, 4.69) is 27.2 Å². The lowest BCUT2D eigenvalue weighted by Gasteiger charge is -2.12. The fraction of sp³-hybridized carbons (Fsp3) is 0.182. The van der Waals surface area contributed by atoms with Crippen molar-refractivity contribution in [1.29, 1.82) is 0 Å². The Bertz CT molecular complexity index is 345. The second-order valence-corrected chi connectivity index (χ2v) is 3.67. The zero-order chi connectivity index (χ0) is 11.3. The quantitative estimate of drug-likeness (QED) is 0.623. The van der Waals surface area contributed by atoms with Crippen molar-refractivity contribution in [2.45, 2.75) is 6.10 Å². The average Bonchev–Trinajstić information content (AvgIpc) is 2.27. The first-order valence-corrected chi connectivity index (χ1v) is 5.09. The molecule has 0 fully saturated rings. The SMILES string of the molecule is C=C[C@H](Oc1ccc(Br)cc1)C(=O)OC. The number of benzene rings is 1. The molecule has 0 saturated carbocycles. The van der Waals surface area contributed by atoms with E-state index in [9.17, 15) is 4.79 Å². The van der Waals surface area contributed by atoms with Crippen molar-refractivity contribution in [1.82, 2.24) is 0 Å². The number of esters is 1. The minimum absolute atomic E-state index is 0.465. The van der Waals surface area contributed by atoms with Gasteiger partial charge in [-0.3, -0.25) is 0 Å². The first-order chi connectivity index (χ1) is 7.17. The molecule has 1 aromatic rings. The molecule has 1 aromatic carbocycles. The molecule has 0 aliphatic rings. The van der Waals surface area contributed by atoms with Crippen LogP contribution in [0.15, 0.2) is 41.4 Å². The standard InChI is InChI=1S/C11H11BrO3/c1-3-10(11(13)14-2)15-9-6-4-8(12)5-7-9/h3-7,10H,1H2,2H3/t10-/m0/s1. The maximum Gasteiger partial charge on any atom is 0.351 e. The van der Waals surface area contributed by atoms with Crippen molar-refractivity contribution < 1.29 is 14.3 Å². The molecule has 0 heterocycles. The second kappa shape index (κ2) is 5.56. The van der Waals surface area contributed by atoms with Crippen LogP contribution in [0.4, 0.5) is 0 Å². The van der Waals surface area contributed by atoms with Crippen molar-refractivity contribution in [2.75, 3.05) is 7.11 Å². The Hall–Kier alpha value is -1.29. The molecular formula is C11H11BrO3. The molecule has 3 nitrogen and oxygen atoms in total. The highest BCUT2D eigenvalue weighted by Crippen LogP contribution is 2.17. The van der Waals surface area contributed by atoms with Crippen LogP contribution in [0.2, 0.25) is 0 Å². The van der Waals surface area contributed by atoms with Gasteiger partial charge in [-0.15, -0.1) is 0 Å². The molecule has 1 rings (SSSR count). The van der Waals surface area contributed by atoms with E-state index in [-0.39, 0.29) is 0 Å². The van der Waals surface area contributed by atoms with Gasteiger partial charge in [0.05, 0.1) is 7.11 Å². The normalized spacial score (nSPS) is 11.6. The molecule has 80 valence electrons. The molecule has 1 atom stereocenters. The Kier molecular flexibility index (Phi) is 4.37. The zero-order valence-electron chi connectivity index (χ0n) is 8.27. The van der Waals surface area contributed by atoms with Gasteiger partial charge in [0.25, 0.3) is 0 Å². The predicted molar refractivity (Wildman–Crippen MR) is 60.8 cm³/mol. The van der Waals surface area contributed by atoms with Gasteiger partial charge in [0.15, 0.2) is 0 Å². The number of ether oxygens (including phenoxy) is 2. The lowest BCUT2D eigenvalue weighted by atomic mass is 10.3. The summed E-state index contributed by atoms with van der Waals surface area (Å²) in [6.45, 7) is 3.51. The van der Waals surface area contributed by atoms with E-state index >= 15 is 0 Å². The van der Waals surface area contributed by atoms with Crippen LogP contribution in [0.3, 0.4) is 0 Å². The van der Waals surface area contributed by atoms with Gasteiger partial charge in [-0.2, -0.15) is 0 Å². The van der Waals surface area contributed by atoms with Crippen LogP contribution in [0.1, 0.15) is 0 Å². The largest absolute Gasteiger partial charge is 0.475 e. The Balaban J connectivity index is 2.71. The van der Waals surface area contributed by atoms with Crippen LogP contribution in [0.25, 0.3) is 0 Å². The van der Waals surface area contributed by atoms with E-state index in [4.69, 9.17) is 4.74 Å². The van der Waals surface area contributed by atoms with Gasteiger partial charge < -0.3 is 9.47 Å². The van der Waals surface area contributed by atoms with Crippen molar-refractivity contribution in [2.24, 2.45) is 0 Å². The highest BCUT2D eigenvalue weighted by atomic mass is 79.9. The summed E-state index contributed by atoms with van der Waals surface area (Å²) in [6, 6.07) is 7.16. The molecule has 0 N–H and O–H groups in total. The minimum Gasteiger partial charge on any atom is -0.475 e. The molecule has 4 heteroatoms. The Morgan fingerprint density at radius 1 is 1.47 bits per heavy atom. The van der Waals surface area contributed by atoms with E-state index in [1.807, 2.05) is 12.1 Å². The summed E-state index contributed by atoms with van der Waals surface area (Å²) in [7, 11) is 1.31. The van der Waals surface area contributed by atoms with E-state index in [1.165, 1.54) is 13.2 Å². The summed E-state index contributed by atoms with van der Waals surface area (Å²) in [6.07, 6.45) is 0.629. The van der Waals surface area contributed by atoms with Gasteiger partial charge in [0.2, 0.25) is 6.10 Å². The lowest BCUT2D eigenvalue weighted by molar-refractivity contribution is -0.146. The topological polar surface area (TPSA) is 35.5 Å². The molecule has 0 amide bonds. The van der Waals surface area contributed by atoms with Crippen LogP contribution >= 0.6 is 15.9 Å². The second-order valence-electron chi connectivity index (χ2n) is 2.75. The van der Waals surface area contributed by atoms with Crippen LogP contribution in [0.5, 0.6) is 5.75 Å². The van der Waals surface area contributed by atoms with Crippen LogP contribution < -0.4 is 4.74 Å². The number of hydrogen-bond donors (Lipinski definition) is 0. The number of methoxy groups -OCH3 is 1. The number of rotatable bonds is 4. The molecule has 0 aliphatic heterocycles. The van der Waals surface area contributed by atoms with Gasteiger partial charge in [-0.05, 0) is 30.3 Å². The highest BCUT2D eigenvalue weighted by Gasteiger charge is 2.16. The fourth-order valence-corrected chi connectivity index (χ4v) is 1.23. The molecule has 0 unspecified atom stereocenters. The maximum absolute atomic E-state index is 11.2. The Morgan fingerprint density at radius 2 is 2.07 bits per heavy atom. The first kappa shape index (κ1) is 11.8. The molecule has 0 bridgehead atoms. The Morgan fingerprint density at radius 3 is 2.53 bits per heavy atom. The molecule has 0 saturated heterocycles. The minimum atomic E-state index is -0.767. The fourth-order valence-electron chi connectivity index (χ4n) is 0.968. The number of carbonyl (C=O) groups is 1. The molecule has 0 radical (unpaired) electrons. The molecule has 0 aromatic heterocycles. The number of hydrogen-bond acceptors (Lipinski definition) is 3. The van der Waals surface area contributed by atoms with E-state index in [0.29, 0.717) is 5.75 Å². The molecule has 15 heavy (non-hydrogen) atoms. The first-order valence-electron chi connectivity index (χ1n) is 4.30. The average molecular weight is 271 g/mol. The molecular weight excluding hydrogens is 260 g/mol. The van der Waals surface area contributed by atoms with Crippen molar-refractivity contribution in [3.63, 3.8) is 0 Å². The lowest BCUT2D eigenvalue weighted by Crippen LogP contribution is -2.26. The molecule has 0 aliphatic carbocycles. The summed E-state index contributed by atoms with van der Waals surface area (Å²) in [4.78, 5) is 11.2. The summed E-state index contributed by atoms with van der Waals surface area (Å²) in [5, 5.41) is 0. The Labute approximate surface area is 96.8 Å². The van der Waals surface area contributed by atoms with Gasteiger partial charge in [-0.25, -0.2) is 4.79 Å². The predicted octanol–water partition coefficient (Wildman–Crippen LogP) is 2.56. The van der Waals surface area contributed by atoms with Crippen LogP contribution in [-0.4, -0.2) is 19.2 Å². The van der Waals surface area contributed by atoms with Crippen molar-refractivity contribution in [3.05, 3.63) is 41.4 Å². The zero-order valence-corrected chi connectivity index (χ0v) is 9.86. The van der Waals surface area contributed by atoms with Crippen LogP contribution in [-0.2, 0) is 9.53 Å². The third-order valence-corrected chi connectivity index (χ3v) is 2.25.